The molecule has 0 bridgehead atoms. The van der Waals surface area contributed by atoms with Gasteiger partial charge in [-0.2, -0.15) is 0 Å². The Hall–Kier alpha value is -3.31. The Labute approximate surface area is 173 Å². The predicted molar refractivity (Wildman–Crippen MR) is 111 cm³/mol. The molecule has 1 aromatic carbocycles. The summed E-state index contributed by atoms with van der Waals surface area (Å²) in [5.41, 5.74) is 1.89. The number of benzene rings is 1. The minimum Gasteiger partial charge on any atom is -0.301 e. The molecule has 0 aliphatic carbocycles. The summed E-state index contributed by atoms with van der Waals surface area (Å²) in [6.07, 6.45) is 1.84. The van der Waals surface area contributed by atoms with Crippen molar-refractivity contribution in [1.82, 2.24) is 19.6 Å². The number of carbonyl (C=O) groups is 1. The van der Waals surface area contributed by atoms with Crippen LogP contribution < -0.4 is 5.32 Å². The molecule has 0 spiro atoms. The number of rotatable bonds is 6. The lowest BCUT2D eigenvalue weighted by atomic mass is 10.1. The van der Waals surface area contributed by atoms with Gasteiger partial charge < -0.3 is 5.32 Å². The molecule has 4 rings (SSSR count). The molecule has 0 aliphatic rings. The summed E-state index contributed by atoms with van der Waals surface area (Å²) < 4.78 is 1.82. The Morgan fingerprint density at radius 3 is 2.97 bits per heavy atom. The number of amides is 1. The van der Waals surface area contributed by atoms with Crippen molar-refractivity contribution in [3.05, 3.63) is 64.2 Å². The van der Waals surface area contributed by atoms with Crippen molar-refractivity contribution in [1.29, 1.82) is 0 Å². The molecule has 0 aliphatic heterocycles. The molecule has 1 atom stereocenters. The summed E-state index contributed by atoms with van der Waals surface area (Å²) in [4.78, 5) is 27.4. The molecule has 4 aromatic rings. The number of nitro groups is 1. The van der Waals surface area contributed by atoms with Crippen molar-refractivity contribution < 1.29 is 9.72 Å². The van der Waals surface area contributed by atoms with Crippen molar-refractivity contribution in [2.45, 2.75) is 17.3 Å². The van der Waals surface area contributed by atoms with Crippen molar-refractivity contribution in [2.24, 2.45) is 0 Å². The van der Waals surface area contributed by atoms with Gasteiger partial charge in [-0.3, -0.25) is 19.3 Å². The molecular formula is C18H14N6O3S2. The van der Waals surface area contributed by atoms with Gasteiger partial charge >= 0.3 is 0 Å². The molecule has 29 heavy (non-hydrogen) atoms. The lowest BCUT2D eigenvalue weighted by Gasteiger charge is -2.09. The van der Waals surface area contributed by atoms with E-state index in [1.165, 1.54) is 35.2 Å². The number of thioether (sulfide) groups is 1. The zero-order valence-electron chi connectivity index (χ0n) is 15.1. The van der Waals surface area contributed by atoms with Gasteiger partial charge in [0.25, 0.3) is 5.69 Å². The van der Waals surface area contributed by atoms with E-state index >= 15 is 0 Å². The highest BCUT2D eigenvalue weighted by Gasteiger charge is 2.19. The lowest BCUT2D eigenvalue weighted by Crippen LogP contribution is -2.22. The molecule has 0 saturated heterocycles. The molecule has 0 unspecified atom stereocenters. The van der Waals surface area contributed by atoms with E-state index in [2.05, 4.69) is 20.5 Å². The fraction of sp³-hybridized carbons (Fsp3) is 0.111. The van der Waals surface area contributed by atoms with Crippen LogP contribution >= 0.6 is 23.1 Å². The zero-order chi connectivity index (χ0) is 20.4. The number of nitrogens with one attached hydrogen (secondary N) is 1. The lowest BCUT2D eigenvalue weighted by molar-refractivity contribution is -0.384. The third kappa shape index (κ3) is 4.10. The highest BCUT2D eigenvalue weighted by molar-refractivity contribution is 8.00. The first-order valence-electron chi connectivity index (χ1n) is 8.49. The highest BCUT2D eigenvalue weighted by atomic mass is 32.2. The summed E-state index contributed by atoms with van der Waals surface area (Å²) >= 11 is 2.55. The van der Waals surface area contributed by atoms with E-state index in [0.29, 0.717) is 27.2 Å². The van der Waals surface area contributed by atoms with Crippen molar-refractivity contribution >= 4 is 45.5 Å². The third-order valence-corrected chi connectivity index (χ3v) is 5.84. The number of nitro benzene ring substituents is 1. The van der Waals surface area contributed by atoms with E-state index in [0.717, 1.165) is 0 Å². The smallest absolute Gasteiger partial charge is 0.270 e. The number of carbonyl (C=O) groups excluding carboxylic acids is 1. The minimum absolute atomic E-state index is 0.00774. The standard InChI is InChI=1S/C18H14N6O3S2/c1-11(29-18-22-21-15-7-2-3-8-23(15)18)16(25)20-17-19-14(10-28-17)12-5-4-6-13(9-12)24(26)27/h2-11H,1H3,(H,19,20,25)/t11-/m0/s1. The first kappa shape index (κ1) is 19.0. The number of fused-ring (bicyclic) bond motifs is 1. The number of non-ortho nitro benzene ring substituents is 1. The van der Waals surface area contributed by atoms with Crippen LogP contribution in [0.4, 0.5) is 10.8 Å². The quantitative estimate of drug-likeness (QED) is 0.283. The maximum Gasteiger partial charge on any atom is 0.270 e. The van der Waals surface area contributed by atoms with Crippen LogP contribution in [0.3, 0.4) is 0 Å². The summed E-state index contributed by atoms with van der Waals surface area (Å²) in [5.74, 6) is -0.220. The molecule has 1 N–H and O–H groups in total. The van der Waals surface area contributed by atoms with Crippen LogP contribution in [0.1, 0.15) is 6.92 Å². The van der Waals surface area contributed by atoms with E-state index in [9.17, 15) is 14.9 Å². The van der Waals surface area contributed by atoms with Crippen LogP contribution in [-0.2, 0) is 4.79 Å². The van der Waals surface area contributed by atoms with Gasteiger partial charge in [-0.1, -0.05) is 30.0 Å². The molecule has 1 amide bonds. The molecular weight excluding hydrogens is 412 g/mol. The Kier molecular flexibility index (Phi) is 5.23. The normalized spacial score (nSPS) is 12.0. The number of thiazole rings is 1. The van der Waals surface area contributed by atoms with Crippen LogP contribution in [-0.4, -0.2) is 35.7 Å². The fourth-order valence-corrected chi connectivity index (χ4v) is 4.12. The zero-order valence-corrected chi connectivity index (χ0v) is 16.7. The fourth-order valence-electron chi connectivity index (χ4n) is 2.56. The Morgan fingerprint density at radius 2 is 2.14 bits per heavy atom. The van der Waals surface area contributed by atoms with Gasteiger partial charge in [-0.15, -0.1) is 21.5 Å². The van der Waals surface area contributed by atoms with Crippen LogP contribution in [0.25, 0.3) is 16.9 Å². The molecule has 9 nitrogen and oxygen atoms in total. The first-order chi connectivity index (χ1) is 14.0. The second-order valence-electron chi connectivity index (χ2n) is 6.01. The van der Waals surface area contributed by atoms with E-state index in [1.807, 2.05) is 28.8 Å². The van der Waals surface area contributed by atoms with Gasteiger partial charge in [0.15, 0.2) is 15.9 Å². The maximum absolute atomic E-state index is 12.6. The Bertz CT molecular complexity index is 1210. The number of nitrogens with zero attached hydrogens (tertiary/aromatic N) is 5. The Morgan fingerprint density at radius 1 is 1.28 bits per heavy atom. The van der Waals surface area contributed by atoms with E-state index < -0.39 is 10.2 Å². The van der Waals surface area contributed by atoms with Crippen molar-refractivity contribution in [3.8, 4) is 11.3 Å². The molecule has 0 fully saturated rings. The van der Waals surface area contributed by atoms with Crippen LogP contribution in [0, 0.1) is 10.1 Å². The van der Waals surface area contributed by atoms with Gasteiger partial charge in [0, 0.05) is 29.3 Å². The number of aromatic nitrogens is 4. The number of pyridine rings is 1. The number of hydrogen-bond acceptors (Lipinski definition) is 8. The third-order valence-electron chi connectivity index (χ3n) is 4.02. The summed E-state index contributed by atoms with van der Waals surface area (Å²) in [7, 11) is 0. The van der Waals surface area contributed by atoms with E-state index in [1.54, 1.807) is 24.4 Å². The van der Waals surface area contributed by atoms with Crippen LogP contribution in [0.15, 0.2) is 59.2 Å². The second-order valence-corrected chi connectivity index (χ2v) is 8.17. The molecule has 11 heteroatoms. The number of anilines is 1. The summed E-state index contributed by atoms with van der Waals surface area (Å²) in [5, 5.41) is 24.3. The minimum atomic E-state index is -0.453. The Balaban J connectivity index is 1.45. The van der Waals surface area contributed by atoms with Gasteiger partial charge in [0.2, 0.25) is 5.91 Å². The van der Waals surface area contributed by atoms with Gasteiger partial charge in [0.05, 0.1) is 15.9 Å². The molecule has 146 valence electrons. The van der Waals surface area contributed by atoms with Gasteiger partial charge in [0.1, 0.15) is 0 Å². The van der Waals surface area contributed by atoms with E-state index in [-0.39, 0.29) is 11.6 Å². The topological polar surface area (TPSA) is 115 Å². The maximum atomic E-state index is 12.6. The molecule has 0 radical (unpaired) electrons. The number of hydrogen-bond donors (Lipinski definition) is 1. The average Bonchev–Trinajstić information content (AvgIpc) is 3.35. The summed E-state index contributed by atoms with van der Waals surface area (Å²) in [6.45, 7) is 1.78. The summed E-state index contributed by atoms with van der Waals surface area (Å²) in [6, 6.07) is 11.8. The molecule has 0 saturated carbocycles. The van der Waals surface area contributed by atoms with Crippen LogP contribution in [0.2, 0.25) is 0 Å². The van der Waals surface area contributed by atoms with Crippen molar-refractivity contribution in [3.63, 3.8) is 0 Å². The predicted octanol–water partition coefficient (Wildman–Crippen LogP) is 3.88. The average molecular weight is 426 g/mol. The largest absolute Gasteiger partial charge is 0.301 e. The monoisotopic (exact) mass is 426 g/mol. The van der Waals surface area contributed by atoms with Gasteiger partial charge in [-0.25, -0.2) is 4.98 Å². The molecule has 3 aromatic heterocycles. The second kappa shape index (κ2) is 7.97. The highest BCUT2D eigenvalue weighted by Crippen LogP contribution is 2.28. The van der Waals surface area contributed by atoms with E-state index in [4.69, 9.17) is 0 Å². The van der Waals surface area contributed by atoms with Crippen molar-refractivity contribution in [2.75, 3.05) is 5.32 Å². The van der Waals surface area contributed by atoms with Crippen LogP contribution in [0.5, 0.6) is 0 Å². The SMILES string of the molecule is C[C@H](Sc1nnc2ccccn12)C(=O)Nc1nc(-c2cccc([N+](=O)[O-])c2)cs1. The molecule has 3 heterocycles. The first-order valence-corrected chi connectivity index (χ1v) is 10.2. The van der Waals surface area contributed by atoms with Gasteiger partial charge in [-0.05, 0) is 19.1 Å².